The van der Waals surface area contributed by atoms with E-state index < -0.39 is 77.3 Å². The van der Waals surface area contributed by atoms with Crippen molar-refractivity contribution in [3.05, 3.63) is 28.8 Å². The lowest BCUT2D eigenvalue weighted by molar-refractivity contribution is -0.135. The lowest BCUT2D eigenvalue weighted by Crippen LogP contribution is -2.58. The number of benzene rings is 1. The maximum Gasteiger partial charge on any atom is 0.251 e. The van der Waals surface area contributed by atoms with E-state index in [1.54, 1.807) is 26.0 Å². The number of amides is 7. The highest BCUT2D eigenvalue weighted by atomic mass is 32.1. The second kappa shape index (κ2) is 21.6. The molecule has 2 aromatic rings. The van der Waals surface area contributed by atoms with E-state index in [1.807, 2.05) is 13.8 Å². The highest BCUT2D eigenvalue weighted by Crippen LogP contribution is 2.25. The Kier molecular flexibility index (Phi) is 17.3. The normalized spacial score (nSPS) is 19.3. The Bertz CT molecular complexity index is 1830. The monoisotopic (exact) mass is 813 g/mol. The molecule has 57 heavy (non-hydrogen) atoms. The number of aromatic nitrogens is 1. The van der Waals surface area contributed by atoms with Crippen LogP contribution in [-0.2, 0) is 28.8 Å². The van der Waals surface area contributed by atoms with Crippen LogP contribution in [0.1, 0.15) is 99.7 Å². The van der Waals surface area contributed by atoms with Crippen LogP contribution >= 0.6 is 11.3 Å². The van der Waals surface area contributed by atoms with Gasteiger partial charge in [0.15, 0.2) is 11.0 Å². The van der Waals surface area contributed by atoms with Crippen LogP contribution in [0.15, 0.2) is 18.2 Å². The summed E-state index contributed by atoms with van der Waals surface area (Å²) >= 11 is 1.01. The van der Waals surface area contributed by atoms with E-state index in [1.165, 1.54) is 13.0 Å². The first-order valence-corrected chi connectivity index (χ1v) is 19.8. The molecule has 0 aliphatic carbocycles. The predicted molar refractivity (Wildman–Crippen MR) is 213 cm³/mol. The van der Waals surface area contributed by atoms with Crippen LogP contribution in [0, 0.1) is 17.2 Å². The quantitative estimate of drug-likeness (QED) is 0.0481. The predicted octanol–water partition coefficient (Wildman–Crippen LogP) is -0.323. The number of nitrogens with one attached hydrogen (secondary N) is 8. The van der Waals surface area contributed by atoms with E-state index in [0.717, 1.165) is 11.3 Å². The molecule has 1 aromatic heterocycles. The third-order valence-electron chi connectivity index (χ3n) is 9.04. The van der Waals surface area contributed by atoms with E-state index in [2.05, 4.69) is 42.2 Å². The largest absolute Gasteiger partial charge is 0.370 e. The minimum absolute atomic E-state index is 0.0452. The topological polar surface area (TPSA) is 310 Å². The van der Waals surface area contributed by atoms with Crippen molar-refractivity contribution >= 4 is 74.6 Å². The number of guanidine groups is 1. The van der Waals surface area contributed by atoms with Crippen molar-refractivity contribution in [1.82, 2.24) is 42.2 Å². The molecule has 7 amide bonds. The van der Waals surface area contributed by atoms with Gasteiger partial charge in [-0.2, -0.15) is 0 Å². The first kappa shape index (κ1) is 45.7. The molecule has 3 rings (SSSR count). The standard InChI is InChI=1S/C37H55N11O8S/c1-18(2)15-25-34(55)45-24(9-6-7-13-41-28(50)17-26(35(56)46-25)43-20(5)49)33(54)44-23(10-8-14-42-37(39)40)30(51)36-47-22-12-11-21(16-27(22)57-36)32(53)48-29(19(3)4)31(38)52/h11-12,16,18-19,23-26,29H,6-10,13-15,17H2,1-5H3,(H2,38,52)(H,41,50)(H,43,49)(H,44,54)(H,45,55)(H,46,56)(H,48,53)(H4,39,40,42)/t23?,24-,25-,26-,29?/m0/s1. The number of hydrogen-bond acceptors (Lipinski definition) is 11. The van der Waals surface area contributed by atoms with Gasteiger partial charge < -0.3 is 48.7 Å². The molecule has 2 heterocycles. The number of primary amides is 1. The van der Waals surface area contributed by atoms with Crippen LogP contribution in [0.4, 0.5) is 0 Å². The smallest absolute Gasteiger partial charge is 0.251 e. The van der Waals surface area contributed by atoms with Crippen molar-refractivity contribution in [1.29, 1.82) is 5.41 Å². The molecule has 0 spiro atoms. The highest BCUT2D eigenvalue weighted by molar-refractivity contribution is 7.20. The third-order valence-corrected chi connectivity index (χ3v) is 10.1. The molecule has 1 fully saturated rings. The van der Waals surface area contributed by atoms with Gasteiger partial charge in [-0.25, -0.2) is 4.98 Å². The Labute approximate surface area is 334 Å². The Morgan fingerprint density at radius 2 is 1.72 bits per heavy atom. The minimum Gasteiger partial charge on any atom is -0.370 e. The zero-order valence-corrected chi connectivity index (χ0v) is 33.7. The molecule has 0 radical (unpaired) electrons. The maximum atomic E-state index is 14.1. The van der Waals surface area contributed by atoms with Gasteiger partial charge in [0, 0.05) is 25.6 Å². The van der Waals surface area contributed by atoms with Gasteiger partial charge in [-0.05, 0) is 68.6 Å². The van der Waals surface area contributed by atoms with Crippen molar-refractivity contribution in [3.63, 3.8) is 0 Å². The van der Waals surface area contributed by atoms with Gasteiger partial charge in [0.25, 0.3) is 5.91 Å². The Morgan fingerprint density at radius 1 is 1.00 bits per heavy atom. The molecule has 0 bridgehead atoms. The SMILES string of the molecule is CC(=O)N[C@H]1CC(=O)NCCCC[C@@H](C(=O)NC(CCCNC(=N)N)C(=O)c2nc3ccc(C(=O)NC(C(N)=O)C(C)C)cc3s2)NC(=O)[C@H](CC(C)C)NC1=O. The molecule has 12 N–H and O–H groups in total. The van der Waals surface area contributed by atoms with Crippen LogP contribution in [-0.4, -0.2) is 101 Å². The first-order chi connectivity index (χ1) is 26.9. The highest BCUT2D eigenvalue weighted by Gasteiger charge is 2.33. The number of nitrogens with two attached hydrogens (primary N) is 2. The van der Waals surface area contributed by atoms with Gasteiger partial charge in [-0.1, -0.05) is 27.7 Å². The molecule has 1 aromatic carbocycles. The van der Waals surface area contributed by atoms with Gasteiger partial charge in [-0.3, -0.25) is 43.8 Å². The number of hydrogen-bond donors (Lipinski definition) is 10. The van der Waals surface area contributed by atoms with E-state index in [0.29, 0.717) is 29.5 Å². The van der Waals surface area contributed by atoms with Crippen LogP contribution in [0.3, 0.4) is 0 Å². The van der Waals surface area contributed by atoms with Crippen LogP contribution in [0.25, 0.3) is 10.2 Å². The summed E-state index contributed by atoms with van der Waals surface area (Å²) in [4.78, 5) is 109. The number of ketones is 1. The first-order valence-electron chi connectivity index (χ1n) is 18.9. The zero-order valence-electron chi connectivity index (χ0n) is 32.9. The van der Waals surface area contributed by atoms with Gasteiger partial charge in [0.1, 0.15) is 24.2 Å². The molecule has 1 aliphatic rings. The van der Waals surface area contributed by atoms with Crippen molar-refractivity contribution in [2.24, 2.45) is 23.3 Å². The van der Waals surface area contributed by atoms with Gasteiger partial charge in [0.2, 0.25) is 41.2 Å². The molecule has 312 valence electrons. The van der Waals surface area contributed by atoms with E-state index in [4.69, 9.17) is 16.9 Å². The fourth-order valence-electron chi connectivity index (χ4n) is 6.11. The molecular formula is C37H55N11O8S. The van der Waals surface area contributed by atoms with Crippen LogP contribution in [0.5, 0.6) is 0 Å². The average molecular weight is 814 g/mol. The lowest BCUT2D eigenvalue weighted by Gasteiger charge is -2.27. The summed E-state index contributed by atoms with van der Waals surface area (Å²) in [5.41, 5.74) is 11.5. The second-order valence-corrected chi connectivity index (χ2v) is 15.8. The Hall–Kier alpha value is -5.66. The molecule has 20 heteroatoms. The maximum absolute atomic E-state index is 14.1. The molecule has 1 aliphatic heterocycles. The number of thiazole rings is 1. The molecule has 19 nitrogen and oxygen atoms in total. The van der Waals surface area contributed by atoms with Crippen LogP contribution in [0.2, 0.25) is 0 Å². The minimum atomic E-state index is -1.23. The molecule has 2 unspecified atom stereocenters. The number of carbonyl (C=O) groups excluding carboxylic acids is 8. The van der Waals surface area contributed by atoms with Gasteiger partial charge in [0.05, 0.1) is 22.7 Å². The Morgan fingerprint density at radius 3 is 2.35 bits per heavy atom. The zero-order chi connectivity index (χ0) is 42.4. The van der Waals surface area contributed by atoms with E-state index >= 15 is 0 Å². The molecular weight excluding hydrogens is 759 g/mol. The fraction of sp³-hybridized carbons (Fsp3) is 0.568. The summed E-state index contributed by atoms with van der Waals surface area (Å²) in [5.74, 6) is -5.41. The summed E-state index contributed by atoms with van der Waals surface area (Å²) in [5, 5.41) is 26.2. The van der Waals surface area contributed by atoms with Gasteiger partial charge >= 0.3 is 0 Å². The number of fused-ring (bicyclic) bond motifs is 1. The summed E-state index contributed by atoms with van der Waals surface area (Å²) in [6.45, 7) is 8.82. The van der Waals surface area contributed by atoms with Crippen molar-refractivity contribution < 1.29 is 38.4 Å². The average Bonchev–Trinajstić information content (AvgIpc) is 3.56. The number of carbonyl (C=O) groups is 8. The van der Waals surface area contributed by atoms with E-state index in [-0.39, 0.29) is 67.1 Å². The number of rotatable bonds is 15. The Balaban J connectivity index is 1.90. The fourth-order valence-corrected chi connectivity index (χ4v) is 7.11. The summed E-state index contributed by atoms with van der Waals surface area (Å²) < 4.78 is 0.499. The van der Waals surface area contributed by atoms with Crippen molar-refractivity contribution in [2.75, 3.05) is 13.1 Å². The van der Waals surface area contributed by atoms with E-state index in [9.17, 15) is 38.4 Å². The lowest BCUT2D eigenvalue weighted by atomic mass is 10.00. The molecule has 0 saturated carbocycles. The van der Waals surface area contributed by atoms with Crippen LogP contribution < -0.4 is 48.7 Å². The third kappa shape index (κ3) is 14.4. The number of Topliss-reactive ketones (excluding diaryl/α,β-unsaturated/α-hetero) is 1. The molecule has 1 saturated heterocycles. The summed E-state index contributed by atoms with van der Waals surface area (Å²) in [6, 6.07) is -0.914. The second-order valence-electron chi connectivity index (χ2n) is 14.8. The molecule has 5 atom stereocenters. The van der Waals surface area contributed by atoms with Gasteiger partial charge in [-0.15, -0.1) is 11.3 Å². The number of nitrogens with zero attached hydrogens (tertiary/aromatic N) is 1. The van der Waals surface area contributed by atoms with Crippen molar-refractivity contribution in [3.8, 4) is 0 Å². The van der Waals surface area contributed by atoms with Crippen molar-refractivity contribution in [2.45, 2.75) is 110 Å². The summed E-state index contributed by atoms with van der Waals surface area (Å²) in [7, 11) is 0. The summed E-state index contributed by atoms with van der Waals surface area (Å²) in [6.07, 6.45) is 1.20.